The Morgan fingerprint density at radius 3 is 2.65 bits per heavy atom. The maximum absolute atomic E-state index is 13.6. The van der Waals surface area contributed by atoms with E-state index in [0.717, 1.165) is 32.5 Å². The van der Waals surface area contributed by atoms with Crippen molar-refractivity contribution in [1.29, 1.82) is 0 Å². The predicted molar refractivity (Wildman–Crippen MR) is 101 cm³/mol. The maximum Gasteiger partial charge on any atom is 0.254 e. The summed E-state index contributed by atoms with van der Waals surface area (Å²) < 4.78 is 13.6. The Bertz CT molecular complexity index is 778. The molecule has 0 spiro atoms. The largest absolute Gasteiger partial charge is 0.337 e. The third kappa shape index (κ3) is 3.76. The minimum absolute atomic E-state index is 0.120. The molecule has 5 heteroatoms. The normalized spacial score (nSPS) is 23.1. The van der Waals surface area contributed by atoms with Crippen LogP contribution in [0.4, 0.5) is 4.39 Å². The van der Waals surface area contributed by atoms with Crippen LogP contribution in [-0.4, -0.2) is 41.4 Å². The van der Waals surface area contributed by atoms with Crippen molar-refractivity contribution in [3.8, 4) is 0 Å². The van der Waals surface area contributed by atoms with Crippen molar-refractivity contribution in [3.05, 3.63) is 70.5 Å². The first kappa shape index (κ1) is 17.5. The number of amides is 1. The molecule has 3 aliphatic heterocycles. The highest BCUT2D eigenvalue weighted by molar-refractivity contribution is 6.31. The van der Waals surface area contributed by atoms with Gasteiger partial charge in [0.15, 0.2) is 0 Å². The molecule has 0 aromatic heterocycles. The monoisotopic (exact) mass is 372 g/mol. The van der Waals surface area contributed by atoms with Crippen LogP contribution in [0, 0.1) is 11.7 Å². The first-order chi connectivity index (χ1) is 12.6. The number of benzene rings is 2. The average Bonchev–Trinajstić information content (AvgIpc) is 2.93. The molecule has 3 heterocycles. The molecule has 3 nitrogen and oxygen atoms in total. The SMILES string of the molecule is O=C(c1cc(F)cc(Cl)c1)N1C[C@@H]2CC[C@H](C1)N(Cc1ccccc1)C2. The zero-order chi connectivity index (χ0) is 18.1. The molecule has 3 fully saturated rings. The molecule has 2 aromatic rings. The van der Waals surface area contributed by atoms with Crippen molar-refractivity contribution in [2.45, 2.75) is 25.4 Å². The second kappa shape index (κ2) is 7.37. The van der Waals surface area contributed by atoms with E-state index in [1.807, 2.05) is 11.0 Å². The number of halogens is 2. The van der Waals surface area contributed by atoms with Gasteiger partial charge in [-0.1, -0.05) is 41.9 Å². The van der Waals surface area contributed by atoms with E-state index in [9.17, 15) is 9.18 Å². The second-order valence-corrected chi connectivity index (χ2v) is 7.82. The van der Waals surface area contributed by atoms with Crippen molar-refractivity contribution in [1.82, 2.24) is 9.80 Å². The number of carbonyl (C=O) groups excluding carboxylic acids is 1. The van der Waals surface area contributed by atoms with Crippen molar-refractivity contribution >= 4 is 17.5 Å². The van der Waals surface area contributed by atoms with Gasteiger partial charge in [0.1, 0.15) is 5.82 Å². The molecule has 0 saturated carbocycles. The lowest BCUT2D eigenvalue weighted by Gasteiger charge is -2.36. The molecule has 2 bridgehead atoms. The van der Waals surface area contributed by atoms with Crippen LogP contribution in [0.5, 0.6) is 0 Å². The summed E-state index contributed by atoms with van der Waals surface area (Å²) in [5.74, 6) is -0.125. The van der Waals surface area contributed by atoms with Gasteiger partial charge in [-0.15, -0.1) is 0 Å². The fourth-order valence-electron chi connectivity index (χ4n) is 4.22. The van der Waals surface area contributed by atoms with Crippen LogP contribution in [-0.2, 0) is 6.54 Å². The first-order valence-electron chi connectivity index (χ1n) is 9.12. The quantitative estimate of drug-likeness (QED) is 0.805. The molecule has 0 aliphatic carbocycles. The van der Waals surface area contributed by atoms with E-state index in [0.29, 0.717) is 24.1 Å². The summed E-state index contributed by atoms with van der Waals surface area (Å²) >= 11 is 5.93. The summed E-state index contributed by atoms with van der Waals surface area (Å²) in [4.78, 5) is 17.3. The van der Waals surface area contributed by atoms with Gasteiger partial charge in [-0.3, -0.25) is 9.69 Å². The fourth-order valence-corrected chi connectivity index (χ4v) is 4.44. The second-order valence-electron chi connectivity index (χ2n) is 7.38. The topological polar surface area (TPSA) is 23.6 Å². The molecular weight excluding hydrogens is 351 g/mol. The lowest BCUT2D eigenvalue weighted by atomic mass is 9.94. The van der Waals surface area contributed by atoms with Crippen LogP contribution in [0.3, 0.4) is 0 Å². The Balaban J connectivity index is 1.51. The summed E-state index contributed by atoms with van der Waals surface area (Å²) in [6, 6.07) is 14.9. The van der Waals surface area contributed by atoms with Crippen molar-refractivity contribution in [3.63, 3.8) is 0 Å². The summed E-state index contributed by atoms with van der Waals surface area (Å²) in [5, 5.41) is 0.261. The van der Waals surface area contributed by atoms with Gasteiger partial charge in [0.2, 0.25) is 0 Å². The van der Waals surface area contributed by atoms with Gasteiger partial charge in [0, 0.05) is 42.8 Å². The van der Waals surface area contributed by atoms with Crippen LogP contribution in [0.1, 0.15) is 28.8 Å². The Labute approximate surface area is 158 Å². The van der Waals surface area contributed by atoms with E-state index in [2.05, 4.69) is 29.2 Å². The Kier molecular flexibility index (Phi) is 4.96. The number of hydrogen-bond donors (Lipinski definition) is 0. The molecule has 0 radical (unpaired) electrons. The van der Waals surface area contributed by atoms with Crippen molar-refractivity contribution < 1.29 is 9.18 Å². The van der Waals surface area contributed by atoms with Crippen molar-refractivity contribution in [2.24, 2.45) is 5.92 Å². The van der Waals surface area contributed by atoms with Crippen LogP contribution in [0.25, 0.3) is 0 Å². The molecular formula is C21H22ClFN2O. The summed E-state index contributed by atoms with van der Waals surface area (Å²) in [5.41, 5.74) is 1.64. The number of rotatable bonds is 3. The maximum atomic E-state index is 13.6. The van der Waals surface area contributed by atoms with Gasteiger partial charge in [-0.25, -0.2) is 4.39 Å². The zero-order valence-corrected chi connectivity index (χ0v) is 15.3. The Morgan fingerprint density at radius 1 is 1.08 bits per heavy atom. The molecule has 136 valence electrons. The van der Waals surface area contributed by atoms with Gasteiger partial charge in [0.05, 0.1) is 0 Å². The minimum atomic E-state index is -0.468. The van der Waals surface area contributed by atoms with Gasteiger partial charge < -0.3 is 4.90 Å². The van der Waals surface area contributed by atoms with Crippen molar-refractivity contribution in [2.75, 3.05) is 19.6 Å². The molecule has 0 N–H and O–H groups in total. The van der Waals surface area contributed by atoms with Gasteiger partial charge in [-0.05, 0) is 42.5 Å². The third-order valence-corrected chi connectivity index (χ3v) is 5.67. The highest BCUT2D eigenvalue weighted by Crippen LogP contribution is 2.30. The first-order valence-corrected chi connectivity index (χ1v) is 9.49. The highest BCUT2D eigenvalue weighted by atomic mass is 35.5. The molecule has 2 atom stereocenters. The van der Waals surface area contributed by atoms with Crippen LogP contribution in [0.2, 0.25) is 5.02 Å². The zero-order valence-electron chi connectivity index (χ0n) is 14.6. The van der Waals surface area contributed by atoms with Gasteiger partial charge in [-0.2, -0.15) is 0 Å². The molecule has 5 rings (SSSR count). The molecule has 3 saturated heterocycles. The van der Waals surface area contributed by atoms with E-state index < -0.39 is 5.82 Å². The molecule has 0 unspecified atom stereocenters. The number of hydrogen-bond acceptors (Lipinski definition) is 2. The summed E-state index contributed by atoms with van der Waals surface area (Å²) in [6.07, 6.45) is 2.24. The fraction of sp³-hybridized carbons (Fsp3) is 0.381. The average molecular weight is 373 g/mol. The summed E-state index contributed by atoms with van der Waals surface area (Å²) in [7, 11) is 0. The third-order valence-electron chi connectivity index (χ3n) is 5.45. The standard InChI is InChI=1S/C21H22ClFN2O/c22-18-8-17(9-19(23)10-18)21(26)25-13-16-6-7-20(14-25)24(12-16)11-15-4-2-1-3-5-15/h1-5,8-10,16,20H,6-7,11-14H2/t16-,20-/m1/s1. The van der Waals surface area contributed by atoms with Crippen LogP contribution >= 0.6 is 11.6 Å². The van der Waals surface area contributed by atoms with Crippen LogP contribution < -0.4 is 0 Å². The van der Waals surface area contributed by atoms with E-state index in [4.69, 9.17) is 11.6 Å². The molecule has 1 amide bonds. The lowest BCUT2D eigenvalue weighted by Crippen LogP contribution is -2.43. The Morgan fingerprint density at radius 2 is 1.88 bits per heavy atom. The van der Waals surface area contributed by atoms with E-state index in [1.165, 1.54) is 17.7 Å². The lowest BCUT2D eigenvalue weighted by molar-refractivity contribution is 0.0735. The molecule has 26 heavy (non-hydrogen) atoms. The molecule has 2 aromatic carbocycles. The Hall–Kier alpha value is -1.91. The predicted octanol–water partition coefficient (Wildman–Crippen LogP) is 4.22. The van der Waals surface area contributed by atoms with Gasteiger partial charge >= 0.3 is 0 Å². The summed E-state index contributed by atoms with van der Waals surface area (Å²) in [6.45, 7) is 3.34. The van der Waals surface area contributed by atoms with Gasteiger partial charge in [0.25, 0.3) is 5.91 Å². The smallest absolute Gasteiger partial charge is 0.254 e. The number of piperidine rings is 1. The minimum Gasteiger partial charge on any atom is -0.337 e. The number of nitrogens with zero attached hydrogens (tertiary/aromatic N) is 2. The highest BCUT2D eigenvalue weighted by Gasteiger charge is 2.36. The number of fused-ring (bicyclic) bond motifs is 4. The van der Waals surface area contributed by atoms with E-state index in [-0.39, 0.29) is 10.9 Å². The molecule has 3 aliphatic rings. The van der Waals surface area contributed by atoms with E-state index in [1.54, 1.807) is 6.07 Å². The van der Waals surface area contributed by atoms with E-state index >= 15 is 0 Å². The van der Waals surface area contributed by atoms with Crippen LogP contribution in [0.15, 0.2) is 48.5 Å². The number of carbonyl (C=O) groups is 1.